The Bertz CT molecular complexity index is 894. The summed E-state index contributed by atoms with van der Waals surface area (Å²) in [6, 6.07) is 5.78. The molecule has 0 spiro atoms. The van der Waals surface area contributed by atoms with E-state index >= 15 is 0 Å². The van der Waals surface area contributed by atoms with Crippen molar-refractivity contribution < 1.29 is 28.9 Å². The van der Waals surface area contributed by atoms with Gasteiger partial charge in [-0.15, -0.1) is 0 Å². The van der Waals surface area contributed by atoms with Crippen molar-refractivity contribution in [1.82, 2.24) is 9.55 Å². The van der Waals surface area contributed by atoms with E-state index < -0.39 is 24.3 Å². The molecule has 8 nitrogen and oxygen atoms in total. The van der Waals surface area contributed by atoms with E-state index in [1.165, 1.54) is 12.1 Å². The van der Waals surface area contributed by atoms with Crippen LogP contribution in [-0.2, 0) is 16.1 Å². The number of carboxylic acid groups (broad SMARTS) is 1. The summed E-state index contributed by atoms with van der Waals surface area (Å²) in [5.41, 5.74) is 1.31. The Morgan fingerprint density at radius 3 is 2.66 bits per heavy atom. The first kappa shape index (κ1) is 20.8. The molecule has 0 unspecified atom stereocenters. The van der Waals surface area contributed by atoms with Gasteiger partial charge in [0.1, 0.15) is 17.7 Å². The number of aliphatic hydroxyl groups excluding tert-OH is 1. The molecule has 3 N–H and O–H groups in total. The molecular weight excluding hydrogens is 381 g/mol. The van der Waals surface area contributed by atoms with E-state index in [0.29, 0.717) is 36.5 Å². The Morgan fingerprint density at radius 1 is 1.38 bits per heavy atom. The number of carbonyl (C=O) groups is 2. The fourth-order valence-corrected chi connectivity index (χ4v) is 3.60. The molecule has 1 saturated heterocycles. The lowest BCUT2D eigenvalue weighted by atomic mass is 10.0. The molecule has 1 amide bonds. The van der Waals surface area contributed by atoms with Gasteiger partial charge in [0.15, 0.2) is 5.82 Å². The number of carbonyl (C=O) groups excluding carboxylic acids is 1. The van der Waals surface area contributed by atoms with Crippen LogP contribution in [0.4, 0.5) is 15.0 Å². The van der Waals surface area contributed by atoms with Gasteiger partial charge in [0.2, 0.25) is 0 Å². The predicted octanol–water partition coefficient (Wildman–Crippen LogP) is 3.36. The normalized spacial score (nSPS) is 19.3. The molecule has 0 saturated carbocycles. The molecule has 3 rings (SSSR count). The number of esters is 1. The Morgan fingerprint density at radius 2 is 2.07 bits per heavy atom. The minimum absolute atomic E-state index is 0.00761. The molecule has 2 atom stereocenters. The van der Waals surface area contributed by atoms with E-state index in [-0.39, 0.29) is 24.0 Å². The summed E-state index contributed by atoms with van der Waals surface area (Å²) in [6.45, 7) is 4.22. The Hall–Kier alpha value is -2.94. The van der Waals surface area contributed by atoms with Crippen molar-refractivity contribution in [2.24, 2.45) is 0 Å². The Kier molecular flexibility index (Phi) is 6.17. The predicted molar refractivity (Wildman–Crippen MR) is 103 cm³/mol. The molecule has 0 aliphatic carbocycles. The molecule has 2 aromatic rings. The SMILES string of the molecule is CC(C)c1c(NC(=O)O)nc(-c2ccc(F)cc2)n1CC[C@@H]1C[C@@H](O)CC(=O)O1. The topological polar surface area (TPSA) is 114 Å². The number of nitrogens with zero attached hydrogens (tertiary/aromatic N) is 2. The van der Waals surface area contributed by atoms with Crippen molar-refractivity contribution in [3.05, 3.63) is 35.8 Å². The van der Waals surface area contributed by atoms with Crippen LogP contribution in [0.3, 0.4) is 0 Å². The third-order valence-electron chi connectivity index (χ3n) is 4.79. The van der Waals surface area contributed by atoms with E-state index in [4.69, 9.17) is 4.74 Å². The number of imidazole rings is 1. The number of aliphatic hydroxyl groups is 1. The van der Waals surface area contributed by atoms with Crippen LogP contribution in [0, 0.1) is 5.82 Å². The average Bonchev–Trinajstić information content (AvgIpc) is 2.97. The Labute approximate surface area is 167 Å². The summed E-state index contributed by atoms with van der Waals surface area (Å²) in [5.74, 6) is -0.177. The molecule has 1 fully saturated rings. The highest BCUT2D eigenvalue weighted by molar-refractivity contribution is 5.83. The van der Waals surface area contributed by atoms with Crippen LogP contribution in [-0.4, -0.2) is 44.0 Å². The highest BCUT2D eigenvalue weighted by Gasteiger charge is 2.28. The summed E-state index contributed by atoms with van der Waals surface area (Å²) < 4.78 is 20.5. The van der Waals surface area contributed by atoms with E-state index in [0.717, 1.165) is 0 Å². The first-order valence-electron chi connectivity index (χ1n) is 9.48. The van der Waals surface area contributed by atoms with Crippen molar-refractivity contribution in [2.45, 2.75) is 57.8 Å². The molecule has 1 aromatic heterocycles. The molecule has 156 valence electrons. The number of ether oxygens (including phenoxy) is 1. The molecule has 1 aromatic carbocycles. The van der Waals surface area contributed by atoms with Crippen molar-refractivity contribution >= 4 is 17.9 Å². The summed E-state index contributed by atoms with van der Waals surface area (Å²) in [6.07, 6.45) is -1.62. The zero-order valence-corrected chi connectivity index (χ0v) is 16.3. The third kappa shape index (κ3) is 4.92. The van der Waals surface area contributed by atoms with Crippen molar-refractivity contribution in [3.63, 3.8) is 0 Å². The second kappa shape index (κ2) is 8.60. The van der Waals surface area contributed by atoms with Crippen LogP contribution in [0.2, 0.25) is 0 Å². The lowest BCUT2D eigenvalue weighted by molar-refractivity contribution is -0.160. The number of anilines is 1. The number of rotatable bonds is 6. The standard InChI is InChI=1S/C20H24FN3O5/c1-11(2)17-18(23-20(27)28)22-19(12-3-5-13(21)6-4-12)24(17)8-7-15-9-14(25)10-16(26)29-15/h3-6,11,14-15,23,25H,7-10H2,1-2H3,(H,27,28)/t14-,15-/m1/s1. The molecular formula is C20H24FN3O5. The minimum atomic E-state index is -1.23. The van der Waals surface area contributed by atoms with E-state index in [9.17, 15) is 24.2 Å². The Balaban J connectivity index is 1.97. The first-order valence-corrected chi connectivity index (χ1v) is 9.48. The van der Waals surface area contributed by atoms with Crippen LogP contribution < -0.4 is 5.32 Å². The number of hydrogen-bond acceptors (Lipinski definition) is 5. The zero-order valence-electron chi connectivity index (χ0n) is 16.3. The van der Waals surface area contributed by atoms with Gasteiger partial charge in [0.05, 0.1) is 18.2 Å². The molecule has 1 aliphatic rings. The quantitative estimate of drug-likeness (QED) is 0.635. The van der Waals surface area contributed by atoms with Gasteiger partial charge in [-0.3, -0.25) is 10.1 Å². The maximum Gasteiger partial charge on any atom is 0.410 e. The van der Waals surface area contributed by atoms with Gasteiger partial charge >= 0.3 is 12.1 Å². The highest BCUT2D eigenvalue weighted by Crippen LogP contribution is 2.32. The fraction of sp³-hybridized carbons (Fsp3) is 0.450. The summed E-state index contributed by atoms with van der Waals surface area (Å²) >= 11 is 0. The number of aromatic nitrogens is 2. The number of cyclic esters (lactones) is 1. The van der Waals surface area contributed by atoms with Crippen molar-refractivity contribution in [1.29, 1.82) is 0 Å². The maximum atomic E-state index is 13.4. The van der Waals surface area contributed by atoms with Crippen LogP contribution in [0.25, 0.3) is 11.4 Å². The summed E-state index contributed by atoms with van der Waals surface area (Å²) in [5, 5.41) is 21.3. The molecule has 0 radical (unpaired) electrons. The lowest BCUT2D eigenvalue weighted by Gasteiger charge is -2.26. The largest absolute Gasteiger partial charge is 0.465 e. The summed E-state index contributed by atoms with van der Waals surface area (Å²) in [4.78, 5) is 27.3. The number of nitrogens with one attached hydrogen (secondary N) is 1. The highest BCUT2D eigenvalue weighted by atomic mass is 19.1. The van der Waals surface area contributed by atoms with Crippen molar-refractivity contribution in [3.8, 4) is 11.4 Å². The van der Waals surface area contributed by atoms with E-state index in [1.54, 1.807) is 12.1 Å². The van der Waals surface area contributed by atoms with Crippen LogP contribution in [0.15, 0.2) is 24.3 Å². The molecule has 2 heterocycles. The fourth-order valence-electron chi connectivity index (χ4n) is 3.60. The second-order valence-corrected chi connectivity index (χ2v) is 7.41. The molecule has 1 aliphatic heterocycles. The molecule has 29 heavy (non-hydrogen) atoms. The van der Waals surface area contributed by atoms with Gasteiger partial charge in [-0.05, 0) is 30.2 Å². The van der Waals surface area contributed by atoms with Crippen molar-refractivity contribution in [2.75, 3.05) is 5.32 Å². The number of halogens is 1. The van der Waals surface area contributed by atoms with Gasteiger partial charge in [0.25, 0.3) is 0 Å². The third-order valence-corrected chi connectivity index (χ3v) is 4.79. The molecule has 9 heteroatoms. The molecule has 0 bridgehead atoms. The lowest BCUT2D eigenvalue weighted by Crippen LogP contribution is -2.33. The number of amides is 1. The monoisotopic (exact) mass is 405 g/mol. The zero-order chi connectivity index (χ0) is 21.1. The number of benzene rings is 1. The van der Waals surface area contributed by atoms with Gasteiger partial charge in [0, 0.05) is 24.9 Å². The second-order valence-electron chi connectivity index (χ2n) is 7.41. The summed E-state index contributed by atoms with van der Waals surface area (Å²) in [7, 11) is 0. The van der Waals surface area contributed by atoms with Gasteiger partial charge in [-0.25, -0.2) is 14.2 Å². The van der Waals surface area contributed by atoms with E-state index in [1.807, 2.05) is 18.4 Å². The van der Waals surface area contributed by atoms with Gasteiger partial charge < -0.3 is 19.5 Å². The van der Waals surface area contributed by atoms with Crippen LogP contribution in [0.5, 0.6) is 0 Å². The maximum absolute atomic E-state index is 13.4. The minimum Gasteiger partial charge on any atom is -0.465 e. The number of hydrogen-bond donors (Lipinski definition) is 3. The van der Waals surface area contributed by atoms with Crippen LogP contribution >= 0.6 is 0 Å². The van der Waals surface area contributed by atoms with Crippen LogP contribution in [0.1, 0.15) is 44.7 Å². The average molecular weight is 405 g/mol. The smallest absolute Gasteiger partial charge is 0.410 e. The van der Waals surface area contributed by atoms with Gasteiger partial charge in [-0.1, -0.05) is 13.8 Å². The van der Waals surface area contributed by atoms with E-state index in [2.05, 4.69) is 10.3 Å². The van der Waals surface area contributed by atoms with Gasteiger partial charge in [-0.2, -0.15) is 0 Å². The first-order chi connectivity index (χ1) is 13.7.